The average Bonchev–Trinajstić information content (AvgIpc) is 2.88. The zero-order valence-electron chi connectivity index (χ0n) is 14.1. The Bertz CT molecular complexity index is 944. The Hall–Kier alpha value is -2.53. The molecule has 130 valence electrons. The van der Waals surface area contributed by atoms with E-state index in [1.165, 1.54) is 4.57 Å². The van der Waals surface area contributed by atoms with Crippen molar-refractivity contribution in [3.05, 3.63) is 69.7 Å². The summed E-state index contributed by atoms with van der Waals surface area (Å²) in [6, 6.07) is 14.7. The van der Waals surface area contributed by atoms with Gasteiger partial charge in [-0.3, -0.25) is 9.36 Å². The molecule has 0 fully saturated rings. The number of hydrogen-bond acceptors (Lipinski definition) is 3. The second-order valence-electron chi connectivity index (χ2n) is 6.17. The molecule has 0 N–H and O–H groups in total. The van der Waals surface area contributed by atoms with Crippen molar-refractivity contribution in [1.82, 2.24) is 9.47 Å². The van der Waals surface area contributed by atoms with Crippen molar-refractivity contribution in [2.75, 3.05) is 0 Å². The third-order valence-electron chi connectivity index (χ3n) is 4.06. The molecule has 25 heavy (non-hydrogen) atoms. The number of nitrogens with zero attached hydrogens (tertiary/aromatic N) is 2. The number of hydrogen-bond donors (Lipinski definition) is 0. The van der Waals surface area contributed by atoms with Crippen LogP contribution in [0.3, 0.4) is 0 Å². The van der Waals surface area contributed by atoms with Crippen LogP contribution in [0.2, 0.25) is 5.02 Å². The highest BCUT2D eigenvalue weighted by Gasteiger charge is 2.20. The summed E-state index contributed by atoms with van der Waals surface area (Å²) in [6.45, 7) is 4.33. The summed E-state index contributed by atoms with van der Waals surface area (Å²) in [5.74, 6) is -0.701. The van der Waals surface area contributed by atoms with E-state index in [2.05, 4.69) is 0 Å². The van der Waals surface area contributed by atoms with E-state index in [0.717, 1.165) is 5.56 Å². The highest BCUT2D eigenvalue weighted by Crippen LogP contribution is 2.19. The molecular formula is C19H19ClN2O3. The Balaban J connectivity index is 1.87. The van der Waals surface area contributed by atoms with Crippen molar-refractivity contribution < 1.29 is 9.21 Å². The van der Waals surface area contributed by atoms with E-state index < -0.39 is 5.76 Å². The van der Waals surface area contributed by atoms with Crippen LogP contribution in [0, 0.1) is 0 Å². The van der Waals surface area contributed by atoms with Crippen LogP contribution >= 0.6 is 11.6 Å². The van der Waals surface area contributed by atoms with E-state index in [-0.39, 0.29) is 18.5 Å². The number of benzene rings is 2. The van der Waals surface area contributed by atoms with E-state index in [9.17, 15) is 9.59 Å². The Morgan fingerprint density at radius 1 is 1.20 bits per heavy atom. The lowest BCUT2D eigenvalue weighted by atomic mass is 10.2. The molecule has 2 aromatic carbocycles. The zero-order chi connectivity index (χ0) is 18.0. The number of carbonyl (C=O) groups is 1. The van der Waals surface area contributed by atoms with Gasteiger partial charge in [0.2, 0.25) is 5.91 Å². The minimum Gasteiger partial charge on any atom is -0.408 e. The van der Waals surface area contributed by atoms with Crippen molar-refractivity contribution in [3.63, 3.8) is 0 Å². The van der Waals surface area contributed by atoms with E-state index in [0.29, 0.717) is 22.7 Å². The van der Waals surface area contributed by atoms with Gasteiger partial charge in [-0.15, -0.1) is 0 Å². The first-order valence-corrected chi connectivity index (χ1v) is 8.46. The van der Waals surface area contributed by atoms with Gasteiger partial charge in [0.15, 0.2) is 5.58 Å². The number of amides is 1. The van der Waals surface area contributed by atoms with Gasteiger partial charge in [-0.2, -0.15) is 0 Å². The number of fused-ring (bicyclic) bond motifs is 1. The first-order chi connectivity index (χ1) is 12.0. The van der Waals surface area contributed by atoms with Crippen LogP contribution in [0.1, 0.15) is 19.4 Å². The van der Waals surface area contributed by atoms with Crippen molar-refractivity contribution in [1.29, 1.82) is 0 Å². The molecule has 0 spiro atoms. The molecular weight excluding hydrogens is 340 g/mol. The van der Waals surface area contributed by atoms with Gasteiger partial charge in [0.1, 0.15) is 6.54 Å². The number of halogens is 1. The van der Waals surface area contributed by atoms with Gasteiger partial charge < -0.3 is 9.32 Å². The van der Waals surface area contributed by atoms with Crippen molar-refractivity contribution in [2.45, 2.75) is 33.0 Å². The van der Waals surface area contributed by atoms with Crippen molar-refractivity contribution >= 4 is 28.6 Å². The van der Waals surface area contributed by atoms with Crippen LogP contribution in [-0.4, -0.2) is 21.4 Å². The van der Waals surface area contributed by atoms with E-state index in [1.807, 2.05) is 44.2 Å². The summed E-state index contributed by atoms with van der Waals surface area (Å²) in [5.41, 5.74) is 1.98. The molecule has 5 nitrogen and oxygen atoms in total. The first kappa shape index (κ1) is 17.3. The Morgan fingerprint density at radius 2 is 1.92 bits per heavy atom. The largest absolute Gasteiger partial charge is 0.420 e. The molecule has 0 bridgehead atoms. The highest BCUT2D eigenvalue weighted by atomic mass is 35.5. The topological polar surface area (TPSA) is 55.5 Å². The monoisotopic (exact) mass is 358 g/mol. The number of oxazole rings is 1. The van der Waals surface area contributed by atoms with Crippen LogP contribution in [0.5, 0.6) is 0 Å². The molecule has 3 rings (SSSR count). The highest BCUT2D eigenvalue weighted by molar-refractivity contribution is 6.31. The Kier molecular flexibility index (Phi) is 4.95. The maximum Gasteiger partial charge on any atom is 0.420 e. The number of aromatic nitrogens is 1. The summed E-state index contributed by atoms with van der Waals surface area (Å²) in [4.78, 5) is 26.7. The zero-order valence-corrected chi connectivity index (χ0v) is 14.9. The molecule has 0 aliphatic carbocycles. The summed E-state index contributed by atoms with van der Waals surface area (Å²) >= 11 is 5.92. The van der Waals surface area contributed by atoms with E-state index >= 15 is 0 Å². The van der Waals surface area contributed by atoms with E-state index in [1.54, 1.807) is 23.1 Å². The van der Waals surface area contributed by atoms with Gasteiger partial charge in [-0.1, -0.05) is 41.9 Å². The minimum atomic E-state index is -0.561. The summed E-state index contributed by atoms with van der Waals surface area (Å²) in [5, 5.41) is 0.479. The van der Waals surface area contributed by atoms with Crippen LogP contribution in [-0.2, 0) is 17.9 Å². The van der Waals surface area contributed by atoms with Gasteiger partial charge in [0.25, 0.3) is 0 Å². The quantitative estimate of drug-likeness (QED) is 0.699. The first-order valence-electron chi connectivity index (χ1n) is 8.08. The van der Waals surface area contributed by atoms with Gasteiger partial charge in [0, 0.05) is 23.7 Å². The molecule has 0 aliphatic heterocycles. The molecule has 6 heteroatoms. The molecule has 0 saturated carbocycles. The molecule has 3 aromatic rings. The summed E-state index contributed by atoms with van der Waals surface area (Å²) in [7, 11) is 0. The van der Waals surface area contributed by atoms with Gasteiger partial charge in [0.05, 0.1) is 5.52 Å². The Morgan fingerprint density at radius 3 is 2.60 bits per heavy atom. The van der Waals surface area contributed by atoms with Crippen molar-refractivity contribution in [3.8, 4) is 0 Å². The van der Waals surface area contributed by atoms with Crippen LogP contribution in [0.15, 0.2) is 57.7 Å². The second-order valence-corrected chi connectivity index (χ2v) is 6.60. The molecule has 1 heterocycles. The molecule has 0 unspecified atom stereocenters. The third kappa shape index (κ3) is 3.77. The van der Waals surface area contributed by atoms with Gasteiger partial charge in [-0.05, 0) is 31.5 Å². The summed E-state index contributed by atoms with van der Waals surface area (Å²) in [6.07, 6.45) is 0. The summed E-state index contributed by atoms with van der Waals surface area (Å²) < 4.78 is 6.53. The molecule has 0 saturated heterocycles. The third-order valence-corrected chi connectivity index (χ3v) is 4.30. The smallest absolute Gasteiger partial charge is 0.408 e. The lowest BCUT2D eigenvalue weighted by Crippen LogP contribution is -2.39. The Labute approximate surface area is 150 Å². The SMILES string of the molecule is CC(C)N(Cc1ccccc1)C(=O)Cn1c(=O)oc2cc(Cl)ccc21. The lowest BCUT2D eigenvalue weighted by molar-refractivity contribution is -0.134. The molecule has 0 atom stereocenters. The maximum absolute atomic E-state index is 12.8. The normalized spacial score (nSPS) is 11.2. The average molecular weight is 359 g/mol. The fourth-order valence-corrected chi connectivity index (χ4v) is 2.92. The maximum atomic E-state index is 12.8. The lowest BCUT2D eigenvalue weighted by Gasteiger charge is -2.27. The van der Waals surface area contributed by atoms with E-state index in [4.69, 9.17) is 16.0 Å². The second kappa shape index (κ2) is 7.15. The fourth-order valence-electron chi connectivity index (χ4n) is 2.75. The van der Waals surface area contributed by atoms with Crippen molar-refractivity contribution in [2.24, 2.45) is 0 Å². The van der Waals surface area contributed by atoms with Gasteiger partial charge in [-0.25, -0.2) is 4.79 Å². The predicted molar refractivity (Wildman–Crippen MR) is 97.6 cm³/mol. The van der Waals surface area contributed by atoms with Crippen LogP contribution < -0.4 is 5.76 Å². The minimum absolute atomic E-state index is 0.0102. The number of carbonyl (C=O) groups excluding carboxylic acids is 1. The fraction of sp³-hybridized carbons (Fsp3) is 0.263. The predicted octanol–water partition coefficient (Wildman–Crippen LogP) is 3.69. The molecule has 0 aliphatic rings. The van der Waals surface area contributed by atoms with Crippen LogP contribution in [0.25, 0.3) is 11.1 Å². The standard InChI is InChI=1S/C19H19ClN2O3/c1-13(2)21(11-14-6-4-3-5-7-14)18(23)12-22-16-9-8-15(20)10-17(16)25-19(22)24/h3-10,13H,11-12H2,1-2H3. The molecule has 1 aromatic heterocycles. The van der Waals surface area contributed by atoms with Gasteiger partial charge >= 0.3 is 5.76 Å². The molecule has 0 radical (unpaired) electrons. The van der Waals surface area contributed by atoms with Crippen LogP contribution in [0.4, 0.5) is 0 Å². The molecule has 1 amide bonds. The number of rotatable bonds is 5.